The summed E-state index contributed by atoms with van der Waals surface area (Å²) in [6.45, 7) is 4.17. The number of rotatable bonds is 2. The molecule has 114 valence electrons. The van der Waals surface area contributed by atoms with Crippen LogP contribution in [0, 0.1) is 13.8 Å². The summed E-state index contributed by atoms with van der Waals surface area (Å²) in [5.74, 6) is 0.683. The summed E-state index contributed by atoms with van der Waals surface area (Å²) in [5, 5.41) is 13.8. The molecule has 2 aromatic heterocycles. The molecule has 0 amide bonds. The van der Waals surface area contributed by atoms with Gasteiger partial charge in [-0.2, -0.15) is 0 Å². The van der Waals surface area contributed by atoms with Crippen LogP contribution in [-0.2, 0) is 0 Å². The summed E-state index contributed by atoms with van der Waals surface area (Å²) in [6, 6.07) is 11.3. The third-order valence-electron chi connectivity index (χ3n) is 4.12. The van der Waals surface area contributed by atoms with Gasteiger partial charge in [-0.15, -0.1) is 0 Å². The molecule has 0 unspecified atom stereocenters. The van der Waals surface area contributed by atoms with Crippen molar-refractivity contribution in [1.82, 2.24) is 14.7 Å². The molecular weight excluding hydrogens is 290 g/mol. The molecular formula is C18H15N3O2. The maximum absolute atomic E-state index is 10.1. The number of aromatic nitrogens is 3. The Morgan fingerprint density at radius 2 is 1.87 bits per heavy atom. The number of phenols is 1. The highest BCUT2D eigenvalue weighted by Crippen LogP contribution is 2.32. The number of imidazole rings is 1. The first-order chi connectivity index (χ1) is 11.1. The van der Waals surface area contributed by atoms with Crippen LogP contribution in [0.3, 0.4) is 0 Å². The van der Waals surface area contributed by atoms with Gasteiger partial charge < -0.3 is 9.63 Å². The van der Waals surface area contributed by atoms with Gasteiger partial charge in [0.25, 0.3) is 0 Å². The molecule has 0 aliphatic carbocycles. The van der Waals surface area contributed by atoms with Crippen molar-refractivity contribution < 1.29 is 9.63 Å². The summed E-state index contributed by atoms with van der Waals surface area (Å²) in [4.78, 5) is 4.48. The van der Waals surface area contributed by atoms with Gasteiger partial charge in [0.1, 0.15) is 12.1 Å². The van der Waals surface area contributed by atoms with Gasteiger partial charge in [0.2, 0.25) is 0 Å². The first kappa shape index (κ1) is 13.6. The zero-order valence-electron chi connectivity index (χ0n) is 12.8. The average Bonchev–Trinajstić information content (AvgIpc) is 3.18. The van der Waals surface area contributed by atoms with Gasteiger partial charge in [-0.1, -0.05) is 5.16 Å². The maximum Gasteiger partial charge on any atom is 0.170 e. The number of aromatic hydroxyl groups is 1. The van der Waals surface area contributed by atoms with Crippen molar-refractivity contribution in [2.45, 2.75) is 13.8 Å². The van der Waals surface area contributed by atoms with Gasteiger partial charge in [0, 0.05) is 11.8 Å². The molecule has 5 heteroatoms. The highest BCUT2D eigenvalue weighted by atomic mass is 16.5. The number of fused-ring (bicyclic) bond motifs is 1. The van der Waals surface area contributed by atoms with Crippen molar-refractivity contribution in [2.24, 2.45) is 0 Å². The van der Waals surface area contributed by atoms with E-state index in [-0.39, 0.29) is 5.75 Å². The Labute approximate surface area is 132 Å². The summed E-state index contributed by atoms with van der Waals surface area (Å²) < 4.78 is 7.16. The van der Waals surface area contributed by atoms with E-state index >= 15 is 0 Å². The van der Waals surface area contributed by atoms with Crippen LogP contribution in [0.2, 0.25) is 0 Å². The lowest BCUT2D eigenvalue weighted by molar-refractivity contribution is 0.426. The van der Waals surface area contributed by atoms with Crippen LogP contribution in [0.1, 0.15) is 11.1 Å². The van der Waals surface area contributed by atoms with Crippen molar-refractivity contribution >= 4 is 11.0 Å². The molecule has 23 heavy (non-hydrogen) atoms. The average molecular weight is 305 g/mol. The largest absolute Gasteiger partial charge is 0.507 e. The normalized spacial score (nSPS) is 11.2. The quantitative estimate of drug-likeness (QED) is 0.608. The van der Waals surface area contributed by atoms with E-state index in [1.54, 1.807) is 24.7 Å². The minimum Gasteiger partial charge on any atom is -0.507 e. The second-order valence-corrected chi connectivity index (χ2v) is 5.62. The van der Waals surface area contributed by atoms with Crippen LogP contribution in [0.4, 0.5) is 0 Å². The molecule has 2 heterocycles. The van der Waals surface area contributed by atoms with Crippen molar-refractivity contribution in [2.75, 3.05) is 0 Å². The van der Waals surface area contributed by atoms with Gasteiger partial charge in [-0.3, -0.25) is 4.57 Å². The van der Waals surface area contributed by atoms with Crippen molar-refractivity contribution in [3.05, 3.63) is 60.0 Å². The van der Waals surface area contributed by atoms with Gasteiger partial charge in [-0.05, 0) is 55.3 Å². The number of hydrogen-bond donors (Lipinski definition) is 1. The lowest BCUT2D eigenvalue weighted by Gasteiger charge is -2.08. The summed E-state index contributed by atoms with van der Waals surface area (Å²) >= 11 is 0. The van der Waals surface area contributed by atoms with Crippen LogP contribution in [-0.4, -0.2) is 19.8 Å². The van der Waals surface area contributed by atoms with Gasteiger partial charge in [-0.25, -0.2) is 4.98 Å². The van der Waals surface area contributed by atoms with E-state index in [4.69, 9.17) is 4.52 Å². The Morgan fingerprint density at radius 1 is 1.04 bits per heavy atom. The molecule has 0 radical (unpaired) electrons. The molecule has 0 atom stereocenters. The monoisotopic (exact) mass is 305 g/mol. The van der Waals surface area contributed by atoms with Crippen LogP contribution in [0.5, 0.6) is 5.75 Å². The fourth-order valence-corrected chi connectivity index (χ4v) is 2.70. The number of aryl methyl sites for hydroxylation is 2. The van der Waals surface area contributed by atoms with Crippen LogP contribution >= 0.6 is 0 Å². The Kier molecular flexibility index (Phi) is 2.94. The molecule has 5 nitrogen and oxygen atoms in total. The van der Waals surface area contributed by atoms with Gasteiger partial charge in [0.05, 0.1) is 22.8 Å². The van der Waals surface area contributed by atoms with E-state index in [0.29, 0.717) is 11.3 Å². The minimum atomic E-state index is 0.155. The second-order valence-electron chi connectivity index (χ2n) is 5.62. The molecule has 4 rings (SSSR count). The lowest BCUT2D eigenvalue weighted by atomic mass is 10.1. The summed E-state index contributed by atoms with van der Waals surface area (Å²) in [5.41, 5.74) is 5.92. The summed E-state index contributed by atoms with van der Waals surface area (Å²) in [6.07, 6.45) is 3.35. The van der Waals surface area contributed by atoms with Crippen LogP contribution in [0.15, 0.2) is 53.4 Å². The fraction of sp³-hybridized carbons (Fsp3) is 0.111. The smallest absolute Gasteiger partial charge is 0.170 e. The fourth-order valence-electron chi connectivity index (χ4n) is 2.70. The number of benzene rings is 2. The molecule has 0 aliphatic heterocycles. The third kappa shape index (κ3) is 2.17. The highest BCUT2D eigenvalue weighted by molar-refractivity contribution is 5.80. The molecule has 0 fully saturated rings. The highest BCUT2D eigenvalue weighted by Gasteiger charge is 2.12. The van der Waals surface area contributed by atoms with E-state index in [2.05, 4.69) is 36.1 Å². The number of nitrogens with zero attached hydrogens (tertiary/aromatic N) is 3. The first-order valence-electron chi connectivity index (χ1n) is 7.32. The standard InChI is InChI=1S/C18H15N3O2/c1-11-7-15-16(8-12(11)2)21(10-19-15)13-3-4-17(22)14(9-13)18-5-6-20-23-18/h3-10,22H,1-2H3. The maximum atomic E-state index is 10.1. The van der Waals surface area contributed by atoms with Crippen molar-refractivity contribution in [3.8, 4) is 22.8 Å². The van der Waals surface area contributed by atoms with Gasteiger partial charge in [0.15, 0.2) is 5.76 Å². The number of phenolic OH excluding ortho intramolecular Hbond substituents is 1. The lowest BCUT2D eigenvalue weighted by Crippen LogP contribution is -1.93. The predicted octanol–water partition coefficient (Wildman–Crippen LogP) is 4.00. The van der Waals surface area contributed by atoms with E-state index in [9.17, 15) is 5.11 Å². The molecule has 0 spiro atoms. The molecule has 0 saturated carbocycles. The predicted molar refractivity (Wildman–Crippen MR) is 87.7 cm³/mol. The molecule has 0 aliphatic rings. The SMILES string of the molecule is Cc1cc2ncn(-c3ccc(O)c(-c4ccno4)c3)c2cc1C. The Bertz CT molecular complexity index is 1000. The Morgan fingerprint density at radius 3 is 2.65 bits per heavy atom. The van der Waals surface area contributed by atoms with E-state index in [1.165, 1.54) is 11.1 Å². The molecule has 2 aromatic carbocycles. The molecule has 4 aromatic rings. The van der Waals surface area contributed by atoms with E-state index in [0.717, 1.165) is 16.7 Å². The van der Waals surface area contributed by atoms with E-state index < -0.39 is 0 Å². The second kappa shape index (κ2) is 4.98. The Balaban J connectivity index is 1.92. The number of hydrogen-bond acceptors (Lipinski definition) is 4. The first-order valence-corrected chi connectivity index (χ1v) is 7.32. The molecule has 0 bridgehead atoms. The van der Waals surface area contributed by atoms with Gasteiger partial charge >= 0.3 is 0 Å². The topological polar surface area (TPSA) is 64.1 Å². The minimum absolute atomic E-state index is 0.155. The van der Waals surface area contributed by atoms with Crippen molar-refractivity contribution in [3.63, 3.8) is 0 Å². The van der Waals surface area contributed by atoms with E-state index in [1.807, 2.05) is 16.7 Å². The van der Waals surface area contributed by atoms with Crippen LogP contribution < -0.4 is 0 Å². The summed E-state index contributed by atoms with van der Waals surface area (Å²) in [7, 11) is 0. The third-order valence-corrected chi connectivity index (χ3v) is 4.12. The Hall–Kier alpha value is -3.08. The van der Waals surface area contributed by atoms with Crippen molar-refractivity contribution in [1.29, 1.82) is 0 Å². The molecule has 0 saturated heterocycles. The van der Waals surface area contributed by atoms with Crippen LogP contribution in [0.25, 0.3) is 28.0 Å². The zero-order chi connectivity index (χ0) is 16.0. The molecule has 1 N–H and O–H groups in total. The zero-order valence-corrected chi connectivity index (χ0v) is 12.8.